The van der Waals surface area contributed by atoms with Gasteiger partial charge in [0.2, 0.25) is 10.0 Å². The number of benzene rings is 2. The van der Waals surface area contributed by atoms with E-state index >= 15 is 0 Å². The molecule has 0 radical (unpaired) electrons. The van der Waals surface area contributed by atoms with Gasteiger partial charge in [0.05, 0.1) is 14.7 Å². The minimum absolute atomic E-state index is 0.262. The van der Waals surface area contributed by atoms with Gasteiger partial charge in [0.15, 0.2) is 0 Å². The van der Waals surface area contributed by atoms with Crippen LogP contribution in [0.4, 0.5) is 5.69 Å². The van der Waals surface area contributed by atoms with Crippen LogP contribution in [0.1, 0.15) is 5.56 Å². The highest BCUT2D eigenvalue weighted by Gasteiger charge is 2.19. The van der Waals surface area contributed by atoms with Crippen LogP contribution in [0.15, 0.2) is 58.3 Å². The summed E-state index contributed by atoms with van der Waals surface area (Å²) < 4.78 is 22.5. The summed E-state index contributed by atoms with van der Waals surface area (Å²) in [5.74, 6) is 0.552. The number of hydrogen-bond donors (Lipinski definition) is 1. The number of rotatable bonds is 5. The molecule has 2 N–H and O–H groups in total. The van der Waals surface area contributed by atoms with Crippen molar-refractivity contribution in [3.05, 3.63) is 64.2 Å². The van der Waals surface area contributed by atoms with Crippen molar-refractivity contribution in [3.8, 4) is 0 Å². The van der Waals surface area contributed by atoms with Crippen molar-refractivity contribution in [2.24, 2.45) is 5.14 Å². The van der Waals surface area contributed by atoms with E-state index in [4.69, 9.17) is 5.14 Å². The maximum absolute atomic E-state index is 11.2. The van der Waals surface area contributed by atoms with E-state index in [1.165, 1.54) is 23.9 Å². The Morgan fingerprint density at radius 2 is 1.81 bits per heavy atom. The lowest BCUT2D eigenvalue weighted by atomic mass is 10.2. The largest absolute Gasteiger partial charge is 0.284 e. The van der Waals surface area contributed by atoms with Gasteiger partial charge in [-0.3, -0.25) is 10.1 Å². The monoisotopic (exact) mass is 324 g/mol. The van der Waals surface area contributed by atoms with Crippen LogP contribution in [-0.4, -0.2) is 13.3 Å². The second-order valence-electron chi connectivity index (χ2n) is 4.21. The van der Waals surface area contributed by atoms with Gasteiger partial charge in [-0.1, -0.05) is 30.3 Å². The summed E-state index contributed by atoms with van der Waals surface area (Å²) in [5.41, 5.74) is 0.759. The summed E-state index contributed by atoms with van der Waals surface area (Å²) >= 11 is 1.27. The fourth-order valence-electron chi connectivity index (χ4n) is 1.67. The Morgan fingerprint density at radius 1 is 1.14 bits per heavy atom. The Balaban J connectivity index is 2.29. The van der Waals surface area contributed by atoms with Crippen LogP contribution in [-0.2, 0) is 15.8 Å². The Kier molecular flexibility index (Phi) is 4.61. The standard InChI is InChI=1S/C13H12N2O4S2/c14-21(18,19)11-6-7-13(12(8-11)15(16)17)20-9-10-4-2-1-3-5-10/h1-8H,9H2,(H2,14,18,19). The number of nitro groups is 1. The van der Waals surface area contributed by atoms with Gasteiger partial charge >= 0.3 is 0 Å². The molecule has 2 aromatic carbocycles. The molecule has 0 spiro atoms. The van der Waals surface area contributed by atoms with Gasteiger partial charge in [-0.2, -0.15) is 0 Å². The summed E-state index contributed by atoms with van der Waals surface area (Å²) in [7, 11) is -3.96. The molecule has 2 rings (SSSR count). The Morgan fingerprint density at radius 3 is 2.38 bits per heavy atom. The fourth-order valence-corrected chi connectivity index (χ4v) is 3.17. The third kappa shape index (κ3) is 4.03. The molecular formula is C13H12N2O4S2. The molecule has 0 saturated heterocycles. The predicted octanol–water partition coefficient (Wildman–Crippen LogP) is 2.53. The maximum atomic E-state index is 11.2. The van der Waals surface area contributed by atoms with E-state index in [2.05, 4.69) is 0 Å². The molecule has 110 valence electrons. The molecule has 0 amide bonds. The average molecular weight is 324 g/mol. The molecule has 8 heteroatoms. The molecule has 0 atom stereocenters. The molecule has 6 nitrogen and oxygen atoms in total. The smallest absolute Gasteiger partial charge is 0.258 e. The van der Waals surface area contributed by atoms with Crippen LogP contribution in [0, 0.1) is 10.1 Å². The molecular weight excluding hydrogens is 312 g/mol. The van der Waals surface area contributed by atoms with Gasteiger partial charge in [0.1, 0.15) is 0 Å². The molecule has 0 unspecified atom stereocenters. The van der Waals surface area contributed by atoms with E-state index < -0.39 is 14.9 Å². The fraction of sp³-hybridized carbons (Fsp3) is 0.0769. The second kappa shape index (κ2) is 6.25. The highest BCUT2D eigenvalue weighted by molar-refractivity contribution is 7.98. The van der Waals surface area contributed by atoms with Crippen LogP contribution < -0.4 is 5.14 Å². The van der Waals surface area contributed by atoms with Gasteiger partial charge in [-0.15, -0.1) is 11.8 Å². The van der Waals surface area contributed by atoms with Crippen LogP contribution in [0.25, 0.3) is 0 Å². The van der Waals surface area contributed by atoms with E-state index in [1.54, 1.807) is 0 Å². The summed E-state index contributed by atoms with van der Waals surface area (Å²) in [5, 5.41) is 16.1. The number of nitrogens with two attached hydrogens (primary N) is 1. The topological polar surface area (TPSA) is 103 Å². The molecule has 21 heavy (non-hydrogen) atoms. The van der Waals surface area contributed by atoms with E-state index in [-0.39, 0.29) is 10.6 Å². The van der Waals surface area contributed by atoms with E-state index in [0.717, 1.165) is 11.6 Å². The zero-order valence-electron chi connectivity index (χ0n) is 10.8. The molecule has 0 fully saturated rings. The molecule has 2 aromatic rings. The number of thioether (sulfide) groups is 1. The number of nitrogens with zero attached hydrogens (tertiary/aromatic N) is 1. The van der Waals surface area contributed by atoms with Crippen molar-refractivity contribution >= 4 is 27.5 Å². The first-order valence-electron chi connectivity index (χ1n) is 5.86. The first kappa shape index (κ1) is 15.5. The molecule has 0 saturated carbocycles. The highest BCUT2D eigenvalue weighted by Crippen LogP contribution is 2.33. The van der Waals surface area contributed by atoms with E-state index in [0.29, 0.717) is 10.6 Å². The molecule has 0 aliphatic carbocycles. The molecule has 0 heterocycles. The minimum Gasteiger partial charge on any atom is -0.258 e. The van der Waals surface area contributed by atoms with Gasteiger partial charge in [0.25, 0.3) is 5.69 Å². The Bertz CT molecular complexity index is 761. The van der Waals surface area contributed by atoms with Gasteiger partial charge in [-0.25, -0.2) is 13.6 Å². The molecule has 0 aliphatic heterocycles. The van der Waals surface area contributed by atoms with Crippen molar-refractivity contribution in [1.82, 2.24) is 0 Å². The zero-order valence-corrected chi connectivity index (χ0v) is 12.4. The van der Waals surface area contributed by atoms with Crippen molar-refractivity contribution < 1.29 is 13.3 Å². The van der Waals surface area contributed by atoms with Gasteiger partial charge in [0, 0.05) is 11.8 Å². The predicted molar refractivity (Wildman–Crippen MR) is 80.5 cm³/mol. The third-order valence-corrected chi connectivity index (χ3v) is 4.74. The number of sulfonamides is 1. The highest BCUT2D eigenvalue weighted by atomic mass is 32.2. The lowest BCUT2D eigenvalue weighted by molar-refractivity contribution is -0.388. The lowest BCUT2D eigenvalue weighted by Gasteiger charge is -2.05. The van der Waals surface area contributed by atoms with Crippen LogP contribution in [0.3, 0.4) is 0 Å². The van der Waals surface area contributed by atoms with Crippen LogP contribution in [0.2, 0.25) is 0 Å². The minimum atomic E-state index is -3.96. The van der Waals surface area contributed by atoms with Crippen molar-refractivity contribution in [2.45, 2.75) is 15.5 Å². The van der Waals surface area contributed by atoms with Gasteiger partial charge < -0.3 is 0 Å². The summed E-state index contributed by atoms with van der Waals surface area (Å²) in [4.78, 5) is 10.6. The van der Waals surface area contributed by atoms with Gasteiger partial charge in [-0.05, 0) is 17.7 Å². The van der Waals surface area contributed by atoms with Crippen LogP contribution >= 0.6 is 11.8 Å². The Labute approximate surface area is 126 Å². The first-order valence-corrected chi connectivity index (χ1v) is 8.39. The zero-order chi connectivity index (χ0) is 15.5. The number of nitro benzene ring substituents is 1. The van der Waals surface area contributed by atoms with E-state index in [1.807, 2.05) is 30.3 Å². The summed E-state index contributed by atoms with van der Waals surface area (Å²) in [6.45, 7) is 0. The van der Waals surface area contributed by atoms with Crippen molar-refractivity contribution in [2.75, 3.05) is 0 Å². The van der Waals surface area contributed by atoms with Crippen molar-refractivity contribution in [1.29, 1.82) is 0 Å². The molecule has 0 aliphatic rings. The molecule has 0 bridgehead atoms. The first-order chi connectivity index (χ1) is 9.88. The number of hydrogen-bond acceptors (Lipinski definition) is 5. The van der Waals surface area contributed by atoms with E-state index in [9.17, 15) is 18.5 Å². The summed E-state index contributed by atoms with van der Waals surface area (Å²) in [6.07, 6.45) is 0. The number of primary sulfonamides is 1. The van der Waals surface area contributed by atoms with Crippen LogP contribution in [0.5, 0.6) is 0 Å². The maximum Gasteiger partial charge on any atom is 0.284 e. The lowest BCUT2D eigenvalue weighted by Crippen LogP contribution is -2.12. The normalized spacial score (nSPS) is 11.3. The summed E-state index contributed by atoms with van der Waals surface area (Å²) in [6, 6.07) is 13.2. The quantitative estimate of drug-likeness (QED) is 0.517. The molecule has 0 aromatic heterocycles. The average Bonchev–Trinajstić information content (AvgIpc) is 2.45. The van der Waals surface area contributed by atoms with Crippen molar-refractivity contribution in [3.63, 3.8) is 0 Å². The Hall–Kier alpha value is -1.90. The second-order valence-corrected chi connectivity index (χ2v) is 6.78. The third-order valence-electron chi connectivity index (χ3n) is 2.69. The SMILES string of the molecule is NS(=O)(=O)c1ccc(SCc2ccccc2)c([N+](=O)[O-])c1.